The molecule has 0 unspecified atom stereocenters. The number of amides is 1. The number of rotatable bonds is 6. The molecule has 3 heterocycles. The van der Waals surface area contributed by atoms with Crippen LogP contribution in [-0.2, 0) is 16.0 Å². The minimum absolute atomic E-state index is 0.00272. The molecule has 210 valence electrons. The van der Waals surface area contributed by atoms with E-state index in [1.54, 1.807) is 36.4 Å². The van der Waals surface area contributed by atoms with Crippen LogP contribution in [0, 0.1) is 0 Å². The lowest BCUT2D eigenvalue weighted by molar-refractivity contribution is -0.132. The summed E-state index contributed by atoms with van der Waals surface area (Å²) in [4.78, 5) is 33.3. The van der Waals surface area contributed by atoms with Crippen LogP contribution in [0.5, 0.6) is 23.0 Å². The highest BCUT2D eigenvalue weighted by Gasteiger charge is 2.48. The maximum Gasteiger partial charge on any atom is 0.301 e. The van der Waals surface area contributed by atoms with E-state index in [-0.39, 0.29) is 34.1 Å². The van der Waals surface area contributed by atoms with Gasteiger partial charge in [0.2, 0.25) is 0 Å². The van der Waals surface area contributed by atoms with Crippen LogP contribution in [0.3, 0.4) is 0 Å². The second kappa shape index (κ2) is 10.4. The average Bonchev–Trinajstić information content (AvgIpc) is 3.61. The number of halogens is 1. The molecule has 0 bridgehead atoms. The van der Waals surface area contributed by atoms with Gasteiger partial charge in [0.25, 0.3) is 5.78 Å². The Bertz CT molecular complexity index is 1770. The molecule has 2 N–H and O–H groups in total. The van der Waals surface area contributed by atoms with Crippen LogP contribution in [0.15, 0.2) is 58.6 Å². The zero-order chi connectivity index (χ0) is 29.0. The predicted molar refractivity (Wildman–Crippen MR) is 158 cm³/mol. The molecule has 6 rings (SSSR count). The summed E-state index contributed by atoms with van der Waals surface area (Å²) in [6.45, 7) is 4.34. The van der Waals surface area contributed by atoms with Crippen molar-refractivity contribution in [3.63, 3.8) is 0 Å². The van der Waals surface area contributed by atoms with E-state index in [4.69, 9.17) is 14.2 Å². The number of phenolic OH excluding ortho intramolecular Hbond substituents is 1. The lowest BCUT2D eigenvalue weighted by Crippen LogP contribution is -2.29. The first-order valence-corrected chi connectivity index (χ1v) is 14.5. The summed E-state index contributed by atoms with van der Waals surface area (Å²) in [6, 6.07) is 12.7. The first kappa shape index (κ1) is 27.1. The quantitative estimate of drug-likeness (QED) is 0.148. The van der Waals surface area contributed by atoms with Crippen LogP contribution >= 0.6 is 27.3 Å². The number of hydrogen-bond acceptors (Lipinski definition) is 9. The molecule has 0 saturated carbocycles. The van der Waals surface area contributed by atoms with Crippen molar-refractivity contribution >= 4 is 60.1 Å². The highest BCUT2D eigenvalue weighted by molar-refractivity contribution is 9.10. The normalized spacial score (nSPS) is 19.5. The lowest BCUT2D eigenvalue weighted by atomic mass is 9.94. The van der Waals surface area contributed by atoms with E-state index in [1.165, 1.54) is 29.4 Å². The summed E-state index contributed by atoms with van der Waals surface area (Å²) in [6.07, 6.45) is 0.656. The SMILES string of the molecule is CCOc1ccc2nc(N3C(=O)C(=O)/C(=C(/O)c4ccc5c(c4)C[C@H](C)O5)[C@H]3c3cc(Br)c(O)c(OC)c3)sc2c1. The van der Waals surface area contributed by atoms with Gasteiger partial charge < -0.3 is 24.4 Å². The van der Waals surface area contributed by atoms with Crippen molar-refractivity contribution in [3.8, 4) is 23.0 Å². The van der Waals surface area contributed by atoms with Crippen molar-refractivity contribution in [2.24, 2.45) is 0 Å². The van der Waals surface area contributed by atoms with Gasteiger partial charge in [-0.25, -0.2) is 4.98 Å². The molecule has 2 aliphatic rings. The second-order valence-corrected chi connectivity index (χ2v) is 11.6. The van der Waals surface area contributed by atoms with Crippen LogP contribution in [0.1, 0.15) is 36.6 Å². The fourth-order valence-corrected chi connectivity index (χ4v) is 6.71. The molecule has 2 atom stereocenters. The molecule has 3 aromatic carbocycles. The van der Waals surface area contributed by atoms with Gasteiger partial charge in [0.15, 0.2) is 16.6 Å². The van der Waals surface area contributed by atoms with E-state index in [0.29, 0.717) is 39.9 Å². The number of Topliss-reactive ketones (excluding diaryl/α,β-unsaturated/α-hetero) is 1. The summed E-state index contributed by atoms with van der Waals surface area (Å²) >= 11 is 4.58. The van der Waals surface area contributed by atoms with Crippen molar-refractivity contribution in [1.82, 2.24) is 4.98 Å². The number of anilines is 1. The molecule has 1 saturated heterocycles. The topological polar surface area (TPSA) is 118 Å². The number of ether oxygens (including phenoxy) is 3. The van der Waals surface area contributed by atoms with Gasteiger partial charge in [-0.3, -0.25) is 14.5 Å². The standard InChI is InChI=1S/C30H25BrN2O7S/c1-4-39-18-6-7-20-23(13-18)41-30(32-20)33-25(17-11-19(31)27(35)22(12-17)38-3)24(28(36)29(33)37)26(34)15-5-8-21-16(10-15)9-14(2)40-21/h5-8,10-14,25,34-35H,4,9H2,1-3H3/b26-24+/t14-,25+/m0/s1. The van der Waals surface area contributed by atoms with E-state index in [2.05, 4.69) is 20.9 Å². The molecule has 11 heteroatoms. The Labute approximate surface area is 247 Å². The lowest BCUT2D eigenvalue weighted by Gasteiger charge is -2.24. The maximum absolute atomic E-state index is 13.7. The third-order valence-corrected chi connectivity index (χ3v) is 8.69. The van der Waals surface area contributed by atoms with Gasteiger partial charge in [-0.05, 0) is 89.4 Å². The average molecular weight is 638 g/mol. The Morgan fingerprint density at radius 1 is 1.20 bits per heavy atom. The smallest absolute Gasteiger partial charge is 0.301 e. The number of nitrogens with zero attached hydrogens (tertiary/aromatic N) is 2. The Balaban J connectivity index is 1.55. The number of phenols is 1. The number of methoxy groups -OCH3 is 1. The highest BCUT2D eigenvalue weighted by atomic mass is 79.9. The molecule has 0 spiro atoms. The predicted octanol–water partition coefficient (Wildman–Crippen LogP) is 6.12. The van der Waals surface area contributed by atoms with Gasteiger partial charge in [-0.1, -0.05) is 11.3 Å². The van der Waals surface area contributed by atoms with Crippen LogP contribution < -0.4 is 19.1 Å². The summed E-state index contributed by atoms with van der Waals surface area (Å²) in [7, 11) is 1.40. The monoisotopic (exact) mass is 636 g/mol. The van der Waals surface area contributed by atoms with Crippen LogP contribution in [-0.4, -0.2) is 46.7 Å². The number of aromatic hydroxyl groups is 1. The maximum atomic E-state index is 13.7. The van der Waals surface area contributed by atoms with Crippen molar-refractivity contribution in [1.29, 1.82) is 0 Å². The number of thiazole rings is 1. The largest absolute Gasteiger partial charge is 0.507 e. The molecule has 1 fully saturated rings. The number of aliphatic hydroxyl groups excluding tert-OH is 1. The fourth-order valence-electron chi connectivity index (χ4n) is 5.23. The minimum atomic E-state index is -1.06. The molecule has 4 aromatic rings. The van der Waals surface area contributed by atoms with Crippen LogP contribution in [0.2, 0.25) is 0 Å². The van der Waals surface area contributed by atoms with Gasteiger partial charge in [-0.2, -0.15) is 0 Å². The summed E-state index contributed by atoms with van der Waals surface area (Å²) in [5, 5.41) is 22.3. The van der Waals surface area contributed by atoms with Gasteiger partial charge >= 0.3 is 5.91 Å². The third-order valence-electron chi connectivity index (χ3n) is 7.07. The molecule has 1 aromatic heterocycles. The van der Waals surface area contributed by atoms with Crippen LogP contribution in [0.25, 0.3) is 16.0 Å². The number of fused-ring (bicyclic) bond motifs is 2. The second-order valence-electron chi connectivity index (χ2n) is 9.74. The van der Waals surface area contributed by atoms with E-state index >= 15 is 0 Å². The van der Waals surface area contributed by atoms with Crippen molar-refractivity contribution < 1.29 is 34.0 Å². The highest BCUT2D eigenvalue weighted by Crippen LogP contribution is 2.48. The molecule has 1 amide bonds. The summed E-state index contributed by atoms with van der Waals surface area (Å²) in [5.41, 5.74) is 2.25. The van der Waals surface area contributed by atoms with Crippen molar-refractivity contribution in [2.75, 3.05) is 18.6 Å². The fraction of sp³-hybridized carbons (Fsp3) is 0.233. The number of carbonyl (C=O) groups excluding carboxylic acids is 2. The Hall–Kier alpha value is -4.09. The van der Waals surface area contributed by atoms with E-state index in [0.717, 1.165) is 16.0 Å². The number of hydrogen-bond donors (Lipinski definition) is 2. The van der Waals surface area contributed by atoms with Gasteiger partial charge in [-0.15, -0.1) is 0 Å². The molecule has 0 radical (unpaired) electrons. The summed E-state index contributed by atoms with van der Waals surface area (Å²) in [5.74, 6) is -0.619. The number of ketones is 1. The number of carbonyl (C=O) groups is 2. The minimum Gasteiger partial charge on any atom is -0.507 e. The number of benzene rings is 3. The molecular weight excluding hydrogens is 612 g/mol. The van der Waals surface area contributed by atoms with Gasteiger partial charge in [0.05, 0.1) is 40.0 Å². The molecule has 41 heavy (non-hydrogen) atoms. The Morgan fingerprint density at radius 2 is 2.00 bits per heavy atom. The first-order chi connectivity index (χ1) is 19.7. The van der Waals surface area contributed by atoms with E-state index < -0.39 is 17.7 Å². The molecule has 0 aliphatic carbocycles. The summed E-state index contributed by atoms with van der Waals surface area (Å²) < 4.78 is 17.8. The Morgan fingerprint density at radius 3 is 2.76 bits per heavy atom. The van der Waals surface area contributed by atoms with Crippen molar-refractivity contribution in [3.05, 3.63) is 75.3 Å². The first-order valence-electron chi connectivity index (χ1n) is 12.9. The zero-order valence-electron chi connectivity index (χ0n) is 22.3. The van der Waals surface area contributed by atoms with E-state index in [1.807, 2.05) is 19.9 Å². The van der Waals surface area contributed by atoms with Crippen molar-refractivity contribution in [2.45, 2.75) is 32.4 Å². The molecule has 9 nitrogen and oxygen atoms in total. The van der Waals surface area contributed by atoms with Gasteiger partial charge in [0, 0.05) is 12.0 Å². The molecule has 2 aliphatic heterocycles. The zero-order valence-corrected chi connectivity index (χ0v) is 24.7. The van der Waals surface area contributed by atoms with E-state index in [9.17, 15) is 19.8 Å². The number of aromatic nitrogens is 1. The van der Waals surface area contributed by atoms with Crippen LogP contribution in [0.4, 0.5) is 5.13 Å². The van der Waals surface area contributed by atoms with Gasteiger partial charge in [0.1, 0.15) is 23.4 Å². The number of aliphatic hydroxyl groups is 1. The Kier molecular flexibility index (Phi) is 6.87. The molecular formula is C30H25BrN2O7S. The third kappa shape index (κ3) is 4.58.